The van der Waals surface area contributed by atoms with E-state index in [-0.39, 0.29) is 6.04 Å². The van der Waals surface area contributed by atoms with Crippen LogP contribution in [0.25, 0.3) is 0 Å². The monoisotopic (exact) mass is 293 g/mol. The van der Waals surface area contributed by atoms with Crippen molar-refractivity contribution in [2.24, 2.45) is 5.92 Å². The zero-order valence-corrected chi connectivity index (χ0v) is 12.3. The molecule has 1 nitrogen and oxygen atoms in total. The Labute approximate surface area is 113 Å². The van der Waals surface area contributed by atoms with Gasteiger partial charge >= 0.3 is 0 Å². The van der Waals surface area contributed by atoms with E-state index >= 15 is 0 Å². The number of terminal acetylenes is 1. The summed E-state index contributed by atoms with van der Waals surface area (Å²) in [5.41, 5.74) is 1.28. The fourth-order valence-electron chi connectivity index (χ4n) is 1.82. The van der Waals surface area contributed by atoms with Crippen molar-refractivity contribution in [3.63, 3.8) is 0 Å². The number of benzene rings is 1. The zero-order valence-electron chi connectivity index (χ0n) is 10.7. The van der Waals surface area contributed by atoms with Gasteiger partial charge < -0.3 is 0 Å². The number of rotatable bonds is 5. The minimum atomic E-state index is 0.124. The zero-order chi connectivity index (χ0) is 12.8. The maximum atomic E-state index is 5.56. The second-order valence-electron chi connectivity index (χ2n) is 4.57. The minimum absolute atomic E-state index is 0.124. The molecule has 0 aliphatic rings. The molecule has 0 saturated heterocycles. The molecular weight excluding hydrogens is 274 g/mol. The lowest BCUT2D eigenvalue weighted by Crippen LogP contribution is -2.35. The Morgan fingerprint density at radius 2 is 2.12 bits per heavy atom. The fraction of sp³-hybridized carbons (Fsp3) is 0.467. The molecule has 0 aromatic heterocycles. The van der Waals surface area contributed by atoms with Gasteiger partial charge in [0.25, 0.3) is 0 Å². The number of nitrogens with one attached hydrogen (secondary N) is 1. The maximum absolute atomic E-state index is 5.56. The van der Waals surface area contributed by atoms with Crippen LogP contribution in [0.1, 0.15) is 38.8 Å². The number of hydrogen-bond acceptors (Lipinski definition) is 1. The largest absolute Gasteiger partial charge is 0.297 e. The molecule has 2 unspecified atom stereocenters. The molecule has 0 amide bonds. The predicted octanol–water partition coefficient (Wildman–Crippen LogP) is 4.15. The van der Waals surface area contributed by atoms with Gasteiger partial charge in [-0.15, -0.1) is 6.42 Å². The number of hydrogen-bond donors (Lipinski definition) is 1. The lowest BCUT2D eigenvalue weighted by Gasteiger charge is -2.24. The molecule has 0 fully saturated rings. The molecule has 0 heterocycles. The molecule has 1 rings (SSSR count). The van der Waals surface area contributed by atoms with Crippen molar-refractivity contribution in [3.8, 4) is 12.3 Å². The van der Waals surface area contributed by atoms with E-state index in [0.29, 0.717) is 12.0 Å². The van der Waals surface area contributed by atoms with Crippen LogP contribution in [0.5, 0.6) is 0 Å². The predicted molar refractivity (Wildman–Crippen MR) is 77.8 cm³/mol. The third-order valence-corrected chi connectivity index (χ3v) is 3.38. The standard InChI is InChI=1S/C15H20BrN/c1-5-14(11(3)4)17-15(6-2)12-8-7-9-13(16)10-12/h1,7-11,14-15,17H,6H2,2-4H3. The summed E-state index contributed by atoms with van der Waals surface area (Å²) in [7, 11) is 0. The third kappa shape index (κ3) is 4.18. The van der Waals surface area contributed by atoms with Crippen molar-refractivity contribution in [1.29, 1.82) is 0 Å². The highest BCUT2D eigenvalue weighted by molar-refractivity contribution is 9.10. The molecule has 1 aromatic rings. The van der Waals surface area contributed by atoms with Crippen molar-refractivity contribution < 1.29 is 0 Å². The lowest BCUT2D eigenvalue weighted by atomic mass is 9.99. The van der Waals surface area contributed by atoms with Gasteiger partial charge in [-0.2, -0.15) is 0 Å². The van der Waals surface area contributed by atoms with Gasteiger partial charge in [-0.05, 0) is 30.0 Å². The van der Waals surface area contributed by atoms with E-state index in [1.165, 1.54) is 5.56 Å². The summed E-state index contributed by atoms with van der Waals surface area (Å²) in [5, 5.41) is 3.54. The van der Waals surface area contributed by atoms with Crippen LogP contribution in [0.3, 0.4) is 0 Å². The quantitative estimate of drug-likeness (QED) is 0.805. The highest BCUT2D eigenvalue weighted by atomic mass is 79.9. The molecule has 0 saturated carbocycles. The first-order valence-corrected chi connectivity index (χ1v) is 6.85. The Bertz CT molecular complexity index is 392. The molecule has 92 valence electrons. The molecule has 2 atom stereocenters. The van der Waals surface area contributed by atoms with Crippen LogP contribution in [-0.2, 0) is 0 Å². The SMILES string of the molecule is C#CC(NC(CC)c1cccc(Br)c1)C(C)C. The lowest BCUT2D eigenvalue weighted by molar-refractivity contribution is 0.408. The van der Waals surface area contributed by atoms with Gasteiger partial charge in [0, 0.05) is 10.5 Å². The van der Waals surface area contributed by atoms with E-state index in [0.717, 1.165) is 10.9 Å². The molecule has 1 aromatic carbocycles. The first-order valence-electron chi connectivity index (χ1n) is 6.06. The van der Waals surface area contributed by atoms with Crippen LogP contribution in [0.2, 0.25) is 0 Å². The average Bonchev–Trinajstić information content (AvgIpc) is 2.30. The third-order valence-electron chi connectivity index (χ3n) is 2.89. The molecule has 1 N–H and O–H groups in total. The van der Waals surface area contributed by atoms with Gasteiger partial charge in [-0.25, -0.2) is 0 Å². The average molecular weight is 294 g/mol. The van der Waals surface area contributed by atoms with Crippen LogP contribution < -0.4 is 5.32 Å². The summed E-state index contributed by atoms with van der Waals surface area (Å²) in [6.07, 6.45) is 6.59. The van der Waals surface area contributed by atoms with Gasteiger partial charge in [0.2, 0.25) is 0 Å². The van der Waals surface area contributed by atoms with E-state index in [4.69, 9.17) is 6.42 Å². The smallest absolute Gasteiger partial charge is 0.0714 e. The van der Waals surface area contributed by atoms with Gasteiger partial charge in [-0.3, -0.25) is 5.32 Å². The Balaban J connectivity index is 2.82. The van der Waals surface area contributed by atoms with E-state index in [2.05, 4.69) is 66.1 Å². The summed E-state index contributed by atoms with van der Waals surface area (Å²) in [6, 6.07) is 8.82. The van der Waals surface area contributed by atoms with Crippen molar-refractivity contribution in [1.82, 2.24) is 5.32 Å². The second-order valence-corrected chi connectivity index (χ2v) is 5.49. The van der Waals surface area contributed by atoms with Gasteiger partial charge in [0.15, 0.2) is 0 Å². The summed E-state index contributed by atoms with van der Waals surface area (Å²) in [5.74, 6) is 3.27. The van der Waals surface area contributed by atoms with Crippen molar-refractivity contribution in [2.45, 2.75) is 39.3 Å². The van der Waals surface area contributed by atoms with Gasteiger partial charge in [0.05, 0.1) is 6.04 Å². The van der Waals surface area contributed by atoms with E-state index in [1.54, 1.807) is 0 Å². The maximum Gasteiger partial charge on any atom is 0.0714 e. The van der Waals surface area contributed by atoms with Crippen LogP contribution >= 0.6 is 15.9 Å². The van der Waals surface area contributed by atoms with Crippen LogP contribution in [0, 0.1) is 18.3 Å². The Kier molecular flexibility index (Phi) is 5.74. The topological polar surface area (TPSA) is 12.0 Å². The molecule has 2 heteroatoms. The van der Waals surface area contributed by atoms with E-state index < -0.39 is 0 Å². The number of halogens is 1. The molecule has 0 bridgehead atoms. The van der Waals surface area contributed by atoms with Gasteiger partial charge in [0.1, 0.15) is 0 Å². The molecule has 0 aliphatic carbocycles. The summed E-state index contributed by atoms with van der Waals surface area (Å²) >= 11 is 3.50. The van der Waals surface area contributed by atoms with E-state index in [9.17, 15) is 0 Å². The Morgan fingerprint density at radius 3 is 2.59 bits per heavy atom. The van der Waals surface area contributed by atoms with Crippen LogP contribution in [0.15, 0.2) is 28.7 Å². The van der Waals surface area contributed by atoms with Crippen molar-refractivity contribution in [2.75, 3.05) is 0 Å². The first kappa shape index (κ1) is 14.3. The normalized spacial score (nSPS) is 14.4. The van der Waals surface area contributed by atoms with Gasteiger partial charge in [-0.1, -0.05) is 54.8 Å². The molecule has 17 heavy (non-hydrogen) atoms. The molecule has 0 radical (unpaired) electrons. The van der Waals surface area contributed by atoms with Crippen molar-refractivity contribution in [3.05, 3.63) is 34.3 Å². The highest BCUT2D eigenvalue weighted by Gasteiger charge is 2.16. The Hall–Kier alpha value is -0.780. The highest BCUT2D eigenvalue weighted by Crippen LogP contribution is 2.22. The minimum Gasteiger partial charge on any atom is -0.297 e. The van der Waals surface area contributed by atoms with Crippen LogP contribution in [-0.4, -0.2) is 6.04 Å². The van der Waals surface area contributed by atoms with Crippen LogP contribution in [0.4, 0.5) is 0 Å². The van der Waals surface area contributed by atoms with Crippen molar-refractivity contribution >= 4 is 15.9 Å². The summed E-state index contributed by atoms with van der Waals surface area (Å²) in [6.45, 7) is 6.46. The fourth-order valence-corrected chi connectivity index (χ4v) is 2.24. The summed E-state index contributed by atoms with van der Waals surface area (Å²) < 4.78 is 1.11. The summed E-state index contributed by atoms with van der Waals surface area (Å²) in [4.78, 5) is 0. The molecule has 0 aliphatic heterocycles. The Morgan fingerprint density at radius 1 is 1.41 bits per heavy atom. The second kappa shape index (κ2) is 6.83. The van der Waals surface area contributed by atoms with E-state index in [1.807, 2.05) is 6.07 Å². The first-order chi connectivity index (χ1) is 8.08. The molecule has 0 spiro atoms. The molecular formula is C15H20BrN.